The lowest BCUT2D eigenvalue weighted by atomic mass is 10.1. The van der Waals surface area contributed by atoms with Gasteiger partial charge in [0.1, 0.15) is 5.25 Å². The first-order chi connectivity index (χ1) is 12.4. The van der Waals surface area contributed by atoms with Crippen molar-refractivity contribution in [3.63, 3.8) is 0 Å². The van der Waals surface area contributed by atoms with Crippen molar-refractivity contribution in [3.05, 3.63) is 59.2 Å². The lowest BCUT2D eigenvalue weighted by Gasteiger charge is -2.09. The first-order valence-electron chi connectivity index (χ1n) is 8.41. The predicted molar refractivity (Wildman–Crippen MR) is 107 cm³/mol. The quantitative estimate of drug-likeness (QED) is 0.862. The number of carbonyl (C=O) groups is 2. The van der Waals surface area contributed by atoms with E-state index in [4.69, 9.17) is 0 Å². The largest absolute Gasteiger partial charge is 0.326 e. The van der Waals surface area contributed by atoms with Gasteiger partial charge in [-0.3, -0.25) is 9.59 Å². The van der Waals surface area contributed by atoms with Gasteiger partial charge in [-0.05, 0) is 55.7 Å². The van der Waals surface area contributed by atoms with Gasteiger partial charge in [-0.25, -0.2) is 4.99 Å². The number of nitrogens with one attached hydrogen (secondary N) is 2. The molecule has 1 aliphatic heterocycles. The summed E-state index contributed by atoms with van der Waals surface area (Å²) in [5, 5.41) is 5.70. The lowest BCUT2D eigenvalue weighted by molar-refractivity contribution is -0.122. The molecule has 1 aliphatic rings. The van der Waals surface area contributed by atoms with Crippen LogP contribution in [0, 0.1) is 20.8 Å². The van der Waals surface area contributed by atoms with Gasteiger partial charge in [0.05, 0.1) is 5.69 Å². The Bertz CT molecular complexity index is 872. The Morgan fingerprint density at radius 3 is 2.54 bits per heavy atom. The second-order valence-electron chi connectivity index (χ2n) is 6.43. The van der Waals surface area contributed by atoms with Crippen molar-refractivity contribution in [3.8, 4) is 0 Å². The van der Waals surface area contributed by atoms with E-state index in [1.54, 1.807) is 0 Å². The highest BCUT2D eigenvalue weighted by Crippen LogP contribution is 2.26. The van der Waals surface area contributed by atoms with Crippen LogP contribution in [0.3, 0.4) is 0 Å². The zero-order valence-corrected chi connectivity index (χ0v) is 15.8. The number of thioether (sulfide) groups is 1. The number of carbonyl (C=O) groups excluding carboxylic acids is 2. The van der Waals surface area contributed by atoms with Crippen molar-refractivity contribution in [2.75, 3.05) is 5.32 Å². The van der Waals surface area contributed by atoms with Gasteiger partial charge in [-0.2, -0.15) is 0 Å². The smallest absolute Gasteiger partial charge is 0.240 e. The number of para-hydroxylation sites is 1. The van der Waals surface area contributed by atoms with Gasteiger partial charge in [0, 0.05) is 12.1 Å². The van der Waals surface area contributed by atoms with Crippen molar-refractivity contribution in [1.29, 1.82) is 0 Å². The van der Waals surface area contributed by atoms with Crippen LogP contribution in [-0.2, 0) is 9.59 Å². The molecular weight excluding hydrogens is 346 g/mol. The fourth-order valence-electron chi connectivity index (χ4n) is 2.81. The second-order valence-corrected chi connectivity index (χ2v) is 7.62. The zero-order chi connectivity index (χ0) is 18.7. The molecule has 0 radical (unpaired) electrons. The molecule has 0 aliphatic carbocycles. The normalized spacial score (nSPS) is 18.0. The third-order valence-electron chi connectivity index (χ3n) is 4.00. The molecule has 3 rings (SSSR count). The van der Waals surface area contributed by atoms with Crippen LogP contribution < -0.4 is 10.6 Å². The van der Waals surface area contributed by atoms with E-state index < -0.39 is 5.25 Å². The lowest BCUT2D eigenvalue weighted by Crippen LogP contribution is -2.28. The van der Waals surface area contributed by atoms with Gasteiger partial charge in [0.15, 0.2) is 5.17 Å². The fraction of sp³-hybridized carbons (Fsp3) is 0.250. The molecule has 2 amide bonds. The molecule has 5 nitrogen and oxygen atoms in total. The molecule has 6 heteroatoms. The van der Waals surface area contributed by atoms with E-state index in [0.29, 0.717) is 5.17 Å². The average Bonchev–Trinajstić information content (AvgIpc) is 2.88. The summed E-state index contributed by atoms with van der Waals surface area (Å²) in [6, 6.07) is 13.6. The van der Waals surface area contributed by atoms with Gasteiger partial charge >= 0.3 is 0 Å². The van der Waals surface area contributed by atoms with Crippen molar-refractivity contribution < 1.29 is 9.59 Å². The van der Waals surface area contributed by atoms with Gasteiger partial charge < -0.3 is 10.6 Å². The van der Waals surface area contributed by atoms with E-state index in [1.807, 2.05) is 57.2 Å². The van der Waals surface area contributed by atoms with Crippen LogP contribution in [0.4, 0.5) is 11.4 Å². The molecule has 1 saturated heterocycles. The SMILES string of the molecule is Cc1cc(C)cc(N=C2NC(=O)[C@@H](CC(=O)Nc3ccccc3C)S2)c1. The van der Waals surface area contributed by atoms with Crippen molar-refractivity contribution in [2.45, 2.75) is 32.4 Å². The number of benzene rings is 2. The molecule has 1 atom stereocenters. The molecule has 2 aromatic carbocycles. The number of aliphatic imine (C=N–C) groups is 1. The molecule has 0 spiro atoms. The Labute approximate surface area is 157 Å². The molecule has 2 aromatic rings. The second kappa shape index (κ2) is 7.74. The van der Waals surface area contributed by atoms with Crippen molar-refractivity contribution >= 4 is 40.1 Å². The number of hydrogen-bond donors (Lipinski definition) is 2. The molecular formula is C20H21N3O2S. The minimum atomic E-state index is -0.469. The van der Waals surface area contributed by atoms with Crippen LogP contribution in [0.15, 0.2) is 47.5 Å². The molecule has 0 aromatic heterocycles. The van der Waals surface area contributed by atoms with Crippen LogP contribution in [-0.4, -0.2) is 22.2 Å². The van der Waals surface area contributed by atoms with Crippen LogP contribution in [0.5, 0.6) is 0 Å². The number of nitrogens with zero attached hydrogens (tertiary/aromatic N) is 1. The number of amidine groups is 1. The molecule has 0 saturated carbocycles. The van der Waals surface area contributed by atoms with Crippen LogP contribution in [0.1, 0.15) is 23.1 Å². The van der Waals surface area contributed by atoms with Crippen molar-refractivity contribution in [1.82, 2.24) is 5.32 Å². The maximum atomic E-state index is 12.3. The first kappa shape index (κ1) is 18.2. The zero-order valence-electron chi connectivity index (χ0n) is 15.0. The maximum absolute atomic E-state index is 12.3. The monoisotopic (exact) mass is 367 g/mol. The summed E-state index contributed by atoms with van der Waals surface area (Å²) in [6.07, 6.45) is 0.108. The molecule has 0 unspecified atom stereocenters. The number of rotatable bonds is 4. The predicted octanol–water partition coefficient (Wildman–Crippen LogP) is 3.86. The number of hydrogen-bond acceptors (Lipinski definition) is 4. The number of amides is 2. The Kier molecular flexibility index (Phi) is 5.42. The van der Waals surface area contributed by atoms with E-state index in [9.17, 15) is 9.59 Å². The van der Waals surface area contributed by atoms with Gasteiger partial charge in [-0.1, -0.05) is 36.0 Å². The molecule has 2 N–H and O–H groups in total. The first-order valence-corrected chi connectivity index (χ1v) is 9.28. The highest BCUT2D eigenvalue weighted by atomic mass is 32.2. The third kappa shape index (κ3) is 4.52. The van der Waals surface area contributed by atoms with Crippen LogP contribution in [0.2, 0.25) is 0 Å². The van der Waals surface area contributed by atoms with E-state index in [0.717, 1.165) is 28.1 Å². The van der Waals surface area contributed by atoms with Gasteiger partial charge in [0.2, 0.25) is 11.8 Å². The van der Waals surface area contributed by atoms with E-state index in [2.05, 4.69) is 21.7 Å². The summed E-state index contributed by atoms with van der Waals surface area (Å²) in [6.45, 7) is 5.95. The number of aryl methyl sites for hydroxylation is 3. The van der Waals surface area contributed by atoms with Crippen LogP contribution in [0.25, 0.3) is 0 Å². The molecule has 0 bridgehead atoms. The van der Waals surface area contributed by atoms with E-state index in [1.165, 1.54) is 11.8 Å². The van der Waals surface area contributed by atoms with E-state index >= 15 is 0 Å². The molecule has 1 heterocycles. The Hall–Kier alpha value is -2.60. The minimum absolute atomic E-state index is 0.108. The van der Waals surface area contributed by atoms with Crippen LogP contribution >= 0.6 is 11.8 Å². The van der Waals surface area contributed by atoms with E-state index in [-0.39, 0.29) is 18.2 Å². The standard InChI is InChI=1S/C20H21N3O2S/c1-12-8-13(2)10-15(9-12)21-20-23-19(25)17(26-20)11-18(24)22-16-7-5-4-6-14(16)3/h4-10,17H,11H2,1-3H3,(H,22,24)(H,21,23,25)/t17-/m1/s1. The third-order valence-corrected chi connectivity index (χ3v) is 5.09. The summed E-state index contributed by atoms with van der Waals surface area (Å²) in [5.74, 6) is -0.363. The maximum Gasteiger partial charge on any atom is 0.240 e. The number of anilines is 1. The molecule has 134 valence electrons. The Morgan fingerprint density at radius 2 is 1.85 bits per heavy atom. The Morgan fingerprint density at radius 1 is 1.15 bits per heavy atom. The summed E-state index contributed by atoms with van der Waals surface area (Å²) in [4.78, 5) is 28.9. The summed E-state index contributed by atoms with van der Waals surface area (Å²) in [7, 11) is 0. The minimum Gasteiger partial charge on any atom is -0.326 e. The van der Waals surface area contributed by atoms with Crippen molar-refractivity contribution in [2.24, 2.45) is 4.99 Å². The summed E-state index contributed by atoms with van der Waals surface area (Å²) in [5.41, 5.74) is 4.79. The van der Waals surface area contributed by atoms with Gasteiger partial charge in [-0.15, -0.1) is 0 Å². The van der Waals surface area contributed by atoms with Gasteiger partial charge in [0.25, 0.3) is 0 Å². The Balaban J connectivity index is 1.65. The highest BCUT2D eigenvalue weighted by molar-refractivity contribution is 8.15. The molecule has 1 fully saturated rings. The topological polar surface area (TPSA) is 70.6 Å². The summed E-state index contributed by atoms with van der Waals surface area (Å²) >= 11 is 1.30. The summed E-state index contributed by atoms with van der Waals surface area (Å²) < 4.78 is 0. The highest BCUT2D eigenvalue weighted by Gasteiger charge is 2.32. The fourth-order valence-corrected chi connectivity index (χ4v) is 3.80. The molecule has 26 heavy (non-hydrogen) atoms. The average molecular weight is 367 g/mol.